The van der Waals surface area contributed by atoms with Crippen LogP contribution < -0.4 is 0 Å². The fraction of sp³-hybridized carbons (Fsp3) is 0.429. The topological polar surface area (TPSA) is 18.5 Å². The van der Waals surface area contributed by atoms with E-state index in [1.54, 1.807) is 0 Å². The second kappa shape index (κ2) is 6.86. The van der Waals surface area contributed by atoms with Gasteiger partial charge in [-0.25, -0.2) is 0 Å². The lowest BCUT2D eigenvalue weighted by Gasteiger charge is -2.33. The van der Waals surface area contributed by atoms with Crippen molar-refractivity contribution in [2.24, 2.45) is 0 Å². The number of benzene rings is 2. The summed E-state index contributed by atoms with van der Waals surface area (Å²) in [6, 6.07) is 18.8. The molecule has 0 aliphatic carbocycles. The number of rotatable bonds is 4. The molecule has 0 fully saturated rings. The Morgan fingerprint density at radius 2 is 1.04 bits per heavy atom. The molecule has 0 heterocycles. The number of hydrogen-bond acceptors (Lipinski definition) is 2. The van der Waals surface area contributed by atoms with Crippen LogP contribution in [0.5, 0.6) is 0 Å². The third-order valence-electron chi connectivity index (χ3n) is 3.21. The van der Waals surface area contributed by atoms with E-state index < -0.39 is 0 Å². The molecule has 0 aliphatic heterocycles. The zero-order valence-corrected chi connectivity index (χ0v) is 15.1. The SMILES string of the molecule is CC(C)(C)OC(OC(C)(C)C)c1ccc(-c2ccccc2)cc1. The number of hydrogen-bond donors (Lipinski definition) is 0. The van der Waals surface area contributed by atoms with Gasteiger partial charge in [-0.15, -0.1) is 0 Å². The predicted molar refractivity (Wildman–Crippen MR) is 96.3 cm³/mol. The quantitative estimate of drug-likeness (QED) is 0.646. The first kappa shape index (κ1) is 17.7. The van der Waals surface area contributed by atoms with Crippen LogP contribution in [0.3, 0.4) is 0 Å². The van der Waals surface area contributed by atoms with E-state index in [1.165, 1.54) is 11.1 Å². The van der Waals surface area contributed by atoms with Gasteiger partial charge in [-0.1, -0.05) is 54.6 Å². The molecule has 2 rings (SSSR count). The van der Waals surface area contributed by atoms with E-state index in [1.807, 2.05) is 47.6 Å². The largest absolute Gasteiger partial charge is 0.343 e. The van der Waals surface area contributed by atoms with Crippen LogP contribution in [0.25, 0.3) is 11.1 Å². The smallest absolute Gasteiger partial charge is 0.185 e. The van der Waals surface area contributed by atoms with Crippen LogP contribution in [0, 0.1) is 0 Å². The zero-order chi connectivity index (χ0) is 17.1. The van der Waals surface area contributed by atoms with Gasteiger partial charge in [-0.3, -0.25) is 0 Å². The van der Waals surface area contributed by atoms with Crippen LogP contribution >= 0.6 is 0 Å². The van der Waals surface area contributed by atoms with Crippen molar-refractivity contribution in [3.8, 4) is 11.1 Å². The fourth-order valence-corrected chi connectivity index (χ4v) is 2.27. The molecule has 23 heavy (non-hydrogen) atoms. The maximum Gasteiger partial charge on any atom is 0.185 e. The summed E-state index contributed by atoms with van der Waals surface area (Å²) >= 11 is 0. The van der Waals surface area contributed by atoms with Crippen molar-refractivity contribution in [3.63, 3.8) is 0 Å². The summed E-state index contributed by atoms with van der Waals surface area (Å²) in [4.78, 5) is 0. The van der Waals surface area contributed by atoms with Crippen molar-refractivity contribution in [2.45, 2.75) is 59.0 Å². The van der Waals surface area contributed by atoms with E-state index in [2.05, 4.69) is 48.5 Å². The maximum atomic E-state index is 6.12. The van der Waals surface area contributed by atoms with Gasteiger partial charge in [0.25, 0.3) is 0 Å². The molecule has 2 heteroatoms. The van der Waals surface area contributed by atoms with E-state index in [0.29, 0.717) is 0 Å². The Labute approximate surface area is 140 Å². The van der Waals surface area contributed by atoms with Crippen molar-refractivity contribution in [3.05, 3.63) is 60.2 Å². The van der Waals surface area contributed by atoms with Crippen molar-refractivity contribution >= 4 is 0 Å². The van der Waals surface area contributed by atoms with Gasteiger partial charge in [0, 0.05) is 5.56 Å². The molecular weight excluding hydrogens is 284 g/mol. The molecule has 2 nitrogen and oxygen atoms in total. The Bertz CT molecular complexity index is 585. The van der Waals surface area contributed by atoms with Crippen LogP contribution in [0.15, 0.2) is 54.6 Å². The minimum atomic E-state index is -0.375. The van der Waals surface area contributed by atoms with Gasteiger partial charge < -0.3 is 9.47 Å². The first-order chi connectivity index (χ1) is 10.6. The van der Waals surface area contributed by atoms with E-state index >= 15 is 0 Å². The molecule has 0 bridgehead atoms. The molecule has 124 valence electrons. The van der Waals surface area contributed by atoms with Gasteiger partial charge in [0.05, 0.1) is 11.2 Å². The monoisotopic (exact) mass is 312 g/mol. The van der Waals surface area contributed by atoms with Crippen LogP contribution in [-0.4, -0.2) is 11.2 Å². The molecule has 0 atom stereocenters. The molecular formula is C21H28O2. The summed E-state index contributed by atoms with van der Waals surface area (Å²) in [6.07, 6.45) is -0.375. The highest BCUT2D eigenvalue weighted by atomic mass is 16.7. The zero-order valence-electron chi connectivity index (χ0n) is 15.1. The van der Waals surface area contributed by atoms with Crippen molar-refractivity contribution < 1.29 is 9.47 Å². The Kier molecular flexibility index (Phi) is 5.28. The summed E-state index contributed by atoms with van der Waals surface area (Å²) in [7, 11) is 0. The Hall–Kier alpha value is -1.64. The molecule has 2 aromatic carbocycles. The van der Waals surface area contributed by atoms with Crippen molar-refractivity contribution in [1.29, 1.82) is 0 Å². The van der Waals surface area contributed by atoms with Gasteiger partial charge >= 0.3 is 0 Å². The first-order valence-corrected chi connectivity index (χ1v) is 8.15. The molecule has 2 aromatic rings. The van der Waals surface area contributed by atoms with E-state index in [4.69, 9.17) is 9.47 Å². The summed E-state index contributed by atoms with van der Waals surface area (Å²) in [5, 5.41) is 0. The van der Waals surface area contributed by atoms with Gasteiger partial charge in [-0.05, 0) is 52.7 Å². The highest BCUT2D eigenvalue weighted by Crippen LogP contribution is 2.31. The van der Waals surface area contributed by atoms with Crippen LogP contribution in [0.1, 0.15) is 53.4 Å². The molecule has 0 radical (unpaired) electrons. The van der Waals surface area contributed by atoms with Gasteiger partial charge in [0.1, 0.15) is 0 Å². The van der Waals surface area contributed by atoms with E-state index in [0.717, 1.165) is 5.56 Å². The molecule has 0 saturated carbocycles. The van der Waals surface area contributed by atoms with Crippen molar-refractivity contribution in [1.82, 2.24) is 0 Å². The highest BCUT2D eigenvalue weighted by Gasteiger charge is 2.25. The Morgan fingerprint density at radius 1 is 0.609 bits per heavy atom. The van der Waals surface area contributed by atoms with Gasteiger partial charge in [-0.2, -0.15) is 0 Å². The highest BCUT2D eigenvalue weighted by molar-refractivity contribution is 5.63. The average Bonchev–Trinajstić information content (AvgIpc) is 2.45. The predicted octanol–water partition coefficient (Wildman–Crippen LogP) is 5.98. The minimum absolute atomic E-state index is 0.270. The molecule has 0 unspecified atom stereocenters. The molecule has 0 N–H and O–H groups in total. The third kappa shape index (κ3) is 5.81. The van der Waals surface area contributed by atoms with E-state index in [9.17, 15) is 0 Å². The summed E-state index contributed by atoms with van der Waals surface area (Å²) < 4.78 is 12.2. The van der Waals surface area contributed by atoms with Crippen molar-refractivity contribution in [2.75, 3.05) is 0 Å². The first-order valence-electron chi connectivity index (χ1n) is 8.15. The third-order valence-corrected chi connectivity index (χ3v) is 3.21. The standard InChI is InChI=1S/C21H28O2/c1-20(2,3)22-19(23-21(4,5)6)18-14-12-17(13-15-18)16-10-8-7-9-11-16/h7-15,19H,1-6H3. The summed E-state index contributed by atoms with van der Waals surface area (Å²) in [6.45, 7) is 12.3. The summed E-state index contributed by atoms with van der Waals surface area (Å²) in [5.41, 5.74) is 2.90. The lowest BCUT2D eigenvalue weighted by Crippen LogP contribution is -2.30. The molecule has 0 amide bonds. The lowest BCUT2D eigenvalue weighted by molar-refractivity contribution is -0.238. The molecule has 0 spiro atoms. The minimum Gasteiger partial charge on any atom is -0.343 e. The van der Waals surface area contributed by atoms with Crippen LogP contribution in [0.4, 0.5) is 0 Å². The van der Waals surface area contributed by atoms with Gasteiger partial charge in [0.2, 0.25) is 0 Å². The Morgan fingerprint density at radius 3 is 1.48 bits per heavy atom. The second-order valence-electron chi connectivity index (χ2n) is 7.78. The Balaban J connectivity index is 2.25. The van der Waals surface area contributed by atoms with Gasteiger partial charge in [0.15, 0.2) is 6.29 Å². The van der Waals surface area contributed by atoms with Crippen LogP contribution in [-0.2, 0) is 9.47 Å². The average molecular weight is 312 g/mol. The second-order valence-corrected chi connectivity index (χ2v) is 7.78. The molecule has 0 saturated heterocycles. The van der Waals surface area contributed by atoms with E-state index in [-0.39, 0.29) is 17.5 Å². The summed E-state index contributed by atoms with van der Waals surface area (Å²) in [5.74, 6) is 0. The number of ether oxygens (including phenoxy) is 2. The normalized spacial score (nSPS) is 12.7. The lowest BCUT2D eigenvalue weighted by atomic mass is 10.0. The van der Waals surface area contributed by atoms with Crippen LogP contribution in [0.2, 0.25) is 0 Å². The maximum absolute atomic E-state index is 6.12. The molecule has 0 aliphatic rings. The molecule has 0 aromatic heterocycles. The fourth-order valence-electron chi connectivity index (χ4n) is 2.27.